The number of fused-ring (bicyclic) bond motifs is 1. The highest BCUT2D eigenvalue weighted by Crippen LogP contribution is 2.25. The molecule has 2 rings (SSSR count). The first-order chi connectivity index (χ1) is 6.72. The topological polar surface area (TPSA) is 50.2 Å². The van der Waals surface area contributed by atoms with Crippen LogP contribution in [0.5, 0.6) is 5.75 Å². The van der Waals surface area contributed by atoms with Crippen molar-refractivity contribution in [1.82, 2.24) is 4.98 Å². The number of phenols is 1. The Labute approximate surface area is 85.0 Å². The molecule has 0 aliphatic carbocycles. The third-order valence-corrected chi connectivity index (χ3v) is 2.23. The number of hydrogen-bond donors (Lipinski definition) is 1. The van der Waals surface area contributed by atoms with E-state index >= 15 is 0 Å². The second kappa shape index (κ2) is 3.27. The molecule has 1 heterocycles. The predicted molar refractivity (Wildman–Crippen MR) is 53.8 cm³/mol. The maximum Gasteiger partial charge on any atom is 0.153 e. The van der Waals surface area contributed by atoms with E-state index in [0.29, 0.717) is 22.8 Å². The molecule has 0 unspecified atom stereocenters. The Morgan fingerprint density at radius 3 is 2.93 bits per heavy atom. The highest BCUT2D eigenvalue weighted by atomic mass is 35.5. The summed E-state index contributed by atoms with van der Waals surface area (Å²) >= 11 is 5.72. The summed E-state index contributed by atoms with van der Waals surface area (Å²) in [6.45, 7) is 0. The van der Waals surface area contributed by atoms with E-state index < -0.39 is 0 Å². The van der Waals surface area contributed by atoms with Crippen LogP contribution >= 0.6 is 11.6 Å². The molecule has 1 aromatic heterocycles. The third kappa shape index (κ3) is 1.32. The van der Waals surface area contributed by atoms with Gasteiger partial charge in [0.1, 0.15) is 16.4 Å². The van der Waals surface area contributed by atoms with E-state index in [1.807, 2.05) is 0 Å². The lowest BCUT2D eigenvalue weighted by Crippen LogP contribution is -1.88. The monoisotopic (exact) mass is 207 g/mol. The average molecular weight is 208 g/mol. The zero-order valence-electron chi connectivity index (χ0n) is 7.07. The highest BCUT2D eigenvalue weighted by Gasteiger charge is 2.06. The van der Waals surface area contributed by atoms with E-state index in [-0.39, 0.29) is 10.9 Å². The van der Waals surface area contributed by atoms with Gasteiger partial charge in [-0.05, 0) is 12.1 Å². The van der Waals surface area contributed by atoms with Gasteiger partial charge >= 0.3 is 0 Å². The molecule has 0 atom stereocenters. The number of phenolic OH excluding ortho intramolecular Hbond substituents is 1. The summed E-state index contributed by atoms with van der Waals surface area (Å²) in [5.74, 6) is 0.0573. The van der Waals surface area contributed by atoms with Crippen LogP contribution in [0.1, 0.15) is 10.4 Å². The molecule has 4 heteroatoms. The van der Waals surface area contributed by atoms with Crippen LogP contribution in [0.2, 0.25) is 5.15 Å². The molecule has 70 valence electrons. The van der Waals surface area contributed by atoms with Gasteiger partial charge in [-0.15, -0.1) is 0 Å². The van der Waals surface area contributed by atoms with Gasteiger partial charge in [0.25, 0.3) is 0 Å². The molecule has 1 N–H and O–H groups in total. The predicted octanol–water partition coefficient (Wildman–Crippen LogP) is 2.41. The summed E-state index contributed by atoms with van der Waals surface area (Å²) < 4.78 is 0. The summed E-state index contributed by atoms with van der Waals surface area (Å²) in [5, 5.41) is 10.2. The van der Waals surface area contributed by atoms with Crippen molar-refractivity contribution in [3.8, 4) is 5.75 Å². The highest BCUT2D eigenvalue weighted by molar-refractivity contribution is 6.32. The lowest BCUT2D eigenvalue weighted by atomic mass is 10.1. The molecule has 14 heavy (non-hydrogen) atoms. The molecule has 0 aliphatic heterocycles. The van der Waals surface area contributed by atoms with Crippen molar-refractivity contribution in [2.45, 2.75) is 0 Å². The number of aldehydes is 1. The van der Waals surface area contributed by atoms with Crippen molar-refractivity contribution >= 4 is 28.8 Å². The van der Waals surface area contributed by atoms with E-state index in [4.69, 9.17) is 11.6 Å². The molecule has 0 bridgehead atoms. The molecule has 3 nitrogen and oxygen atoms in total. The Bertz CT molecular complexity index is 511. The van der Waals surface area contributed by atoms with Gasteiger partial charge in [-0.3, -0.25) is 4.79 Å². The second-order valence-electron chi connectivity index (χ2n) is 2.84. The Morgan fingerprint density at radius 2 is 2.21 bits per heavy atom. The third-order valence-electron chi connectivity index (χ3n) is 1.93. The summed E-state index contributed by atoms with van der Waals surface area (Å²) in [4.78, 5) is 14.5. The zero-order valence-corrected chi connectivity index (χ0v) is 7.82. The number of halogens is 1. The smallest absolute Gasteiger partial charge is 0.153 e. The number of aromatic hydroxyl groups is 1. The van der Waals surface area contributed by atoms with Gasteiger partial charge in [0.2, 0.25) is 0 Å². The van der Waals surface area contributed by atoms with Gasteiger partial charge in [-0.2, -0.15) is 0 Å². The van der Waals surface area contributed by atoms with E-state index in [0.717, 1.165) is 0 Å². The van der Waals surface area contributed by atoms with Crippen LogP contribution in [0, 0.1) is 0 Å². The van der Waals surface area contributed by atoms with Crippen molar-refractivity contribution in [2.75, 3.05) is 0 Å². The molecule has 0 saturated carbocycles. The van der Waals surface area contributed by atoms with Gasteiger partial charge < -0.3 is 5.11 Å². The van der Waals surface area contributed by atoms with Crippen molar-refractivity contribution < 1.29 is 9.90 Å². The van der Waals surface area contributed by atoms with Crippen LogP contribution in [0.4, 0.5) is 0 Å². The molecule has 1 aromatic carbocycles. The summed E-state index contributed by atoms with van der Waals surface area (Å²) in [6, 6.07) is 6.55. The summed E-state index contributed by atoms with van der Waals surface area (Å²) in [5.41, 5.74) is 0.730. The molecule has 0 spiro atoms. The normalized spacial score (nSPS) is 10.4. The summed E-state index contributed by atoms with van der Waals surface area (Å²) in [7, 11) is 0. The van der Waals surface area contributed by atoms with E-state index in [9.17, 15) is 9.90 Å². The fourth-order valence-corrected chi connectivity index (χ4v) is 1.44. The second-order valence-corrected chi connectivity index (χ2v) is 3.19. The number of para-hydroxylation sites is 1. The van der Waals surface area contributed by atoms with Crippen LogP contribution in [0.25, 0.3) is 10.9 Å². The molecular formula is C10H6ClNO2. The molecule has 2 aromatic rings. The van der Waals surface area contributed by atoms with Crippen molar-refractivity contribution in [3.05, 3.63) is 35.0 Å². The first-order valence-electron chi connectivity index (χ1n) is 3.96. The number of aromatic nitrogens is 1. The minimum Gasteiger partial charge on any atom is -0.506 e. The van der Waals surface area contributed by atoms with E-state index in [1.54, 1.807) is 18.2 Å². The SMILES string of the molecule is O=Cc1cc2cccc(O)c2nc1Cl. The zero-order chi connectivity index (χ0) is 10.1. The number of hydrogen-bond acceptors (Lipinski definition) is 3. The van der Waals surface area contributed by atoms with Gasteiger partial charge in [-0.25, -0.2) is 4.98 Å². The maximum atomic E-state index is 10.6. The lowest BCUT2D eigenvalue weighted by molar-refractivity contribution is 0.112. The standard InChI is InChI=1S/C10H6ClNO2/c11-10-7(5-13)4-6-2-1-3-8(14)9(6)12-10/h1-5,14H. The Hall–Kier alpha value is -1.61. The van der Waals surface area contributed by atoms with Crippen LogP contribution in [0.3, 0.4) is 0 Å². The van der Waals surface area contributed by atoms with Crippen LogP contribution in [0.15, 0.2) is 24.3 Å². The minimum atomic E-state index is 0.0573. The first kappa shape index (κ1) is 8.97. The maximum absolute atomic E-state index is 10.6. The number of nitrogens with zero attached hydrogens (tertiary/aromatic N) is 1. The fraction of sp³-hybridized carbons (Fsp3) is 0. The van der Waals surface area contributed by atoms with E-state index in [1.165, 1.54) is 6.07 Å². The first-order valence-corrected chi connectivity index (χ1v) is 4.33. The van der Waals surface area contributed by atoms with Gasteiger partial charge in [0.15, 0.2) is 6.29 Å². The van der Waals surface area contributed by atoms with Crippen LogP contribution in [-0.4, -0.2) is 16.4 Å². The van der Waals surface area contributed by atoms with Crippen LogP contribution in [-0.2, 0) is 0 Å². The Kier molecular flexibility index (Phi) is 2.09. The molecular weight excluding hydrogens is 202 g/mol. The minimum absolute atomic E-state index is 0.0573. The number of benzene rings is 1. The van der Waals surface area contributed by atoms with Crippen molar-refractivity contribution in [2.24, 2.45) is 0 Å². The average Bonchev–Trinajstić information content (AvgIpc) is 2.19. The lowest BCUT2D eigenvalue weighted by Gasteiger charge is -2.01. The molecule has 0 radical (unpaired) electrons. The molecule has 0 aliphatic rings. The number of pyridine rings is 1. The fourth-order valence-electron chi connectivity index (χ4n) is 1.26. The van der Waals surface area contributed by atoms with Gasteiger partial charge in [0.05, 0.1) is 5.56 Å². The van der Waals surface area contributed by atoms with Crippen molar-refractivity contribution in [1.29, 1.82) is 0 Å². The molecule has 0 fully saturated rings. The number of carbonyl (C=O) groups is 1. The number of rotatable bonds is 1. The van der Waals surface area contributed by atoms with Gasteiger partial charge in [-0.1, -0.05) is 23.7 Å². The van der Waals surface area contributed by atoms with Gasteiger partial charge in [0, 0.05) is 5.39 Å². The Balaban J connectivity index is 2.85. The Morgan fingerprint density at radius 1 is 1.43 bits per heavy atom. The van der Waals surface area contributed by atoms with Crippen LogP contribution < -0.4 is 0 Å². The largest absolute Gasteiger partial charge is 0.506 e. The summed E-state index contributed by atoms with van der Waals surface area (Å²) in [6.07, 6.45) is 0.638. The molecule has 0 saturated heterocycles. The van der Waals surface area contributed by atoms with E-state index in [2.05, 4.69) is 4.98 Å². The molecule has 0 amide bonds. The van der Waals surface area contributed by atoms with Crippen molar-refractivity contribution in [3.63, 3.8) is 0 Å². The quantitative estimate of drug-likeness (QED) is 0.577. The number of carbonyl (C=O) groups excluding carboxylic acids is 1.